The normalized spacial score (nSPS) is 10.7. The van der Waals surface area contributed by atoms with E-state index in [1.807, 2.05) is 18.2 Å². The fraction of sp³-hybridized carbons (Fsp3) is 0.0833. The zero-order chi connectivity index (χ0) is 12.4. The van der Waals surface area contributed by atoms with Gasteiger partial charge in [0.1, 0.15) is 6.61 Å². The molecule has 2 aromatic heterocycles. The molecule has 0 saturated carbocycles. The van der Waals surface area contributed by atoms with Crippen LogP contribution in [-0.2, 0) is 6.61 Å². The fourth-order valence-electron chi connectivity index (χ4n) is 1.53. The van der Waals surface area contributed by atoms with E-state index in [2.05, 4.69) is 31.1 Å². The van der Waals surface area contributed by atoms with Gasteiger partial charge in [-0.3, -0.25) is 0 Å². The molecule has 5 nitrogen and oxygen atoms in total. The van der Waals surface area contributed by atoms with Crippen LogP contribution >= 0.6 is 15.9 Å². The summed E-state index contributed by atoms with van der Waals surface area (Å²) in [6.07, 6.45) is 3.34. The van der Waals surface area contributed by atoms with E-state index < -0.39 is 0 Å². The van der Waals surface area contributed by atoms with Gasteiger partial charge in [0.25, 0.3) is 5.88 Å². The first-order chi connectivity index (χ1) is 8.83. The van der Waals surface area contributed by atoms with Gasteiger partial charge in [-0.05, 0) is 29.4 Å². The van der Waals surface area contributed by atoms with Crippen molar-refractivity contribution in [2.24, 2.45) is 0 Å². The minimum atomic E-state index is 0.259. The summed E-state index contributed by atoms with van der Waals surface area (Å²) < 4.78 is 11.6. The van der Waals surface area contributed by atoms with Crippen molar-refractivity contribution in [2.45, 2.75) is 6.61 Å². The van der Waals surface area contributed by atoms with Crippen LogP contribution in [0.2, 0.25) is 0 Å². The molecule has 0 radical (unpaired) electrons. The molecule has 0 N–H and O–H groups in total. The molecular weight excluding hydrogens is 298 g/mol. The Morgan fingerprint density at radius 1 is 1.22 bits per heavy atom. The van der Waals surface area contributed by atoms with Gasteiger partial charge in [-0.1, -0.05) is 15.9 Å². The lowest BCUT2D eigenvalue weighted by atomic mass is 10.3. The van der Waals surface area contributed by atoms with Crippen molar-refractivity contribution in [3.05, 3.63) is 47.0 Å². The molecule has 3 aromatic rings. The Kier molecular flexibility index (Phi) is 2.93. The van der Waals surface area contributed by atoms with E-state index in [9.17, 15) is 0 Å². The minimum absolute atomic E-state index is 0.259. The molecular formula is C12H8BrN3O2. The third-order valence-electron chi connectivity index (χ3n) is 2.36. The van der Waals surface area contributed by atoms with Crippen LogP contribution < -0.4 is 4.74 Å². The topological polar surface area (TPSA) is 61.0 Å². The van der Waals surface area contributed by atoms with Gasteiger partial charge in [0.15, 0.2) is 11.4 Å². The first-order valence-electron chi connectivity index (χ1n) is 5.26. The Labute approximate surface area is 111 Å². The molecule has 0 saturated heterocycles. The lowest BCUT2D eigenvalue weighted by Crippen LogP contribution is -2.00. The van der Waals surface area contributed by atoms with E-state index >= 15 is 0 Å². The number of nitrogens with zero attached hydrogens (tertiary/aromatic N) is 3. The van der Waals surface area contributed by atoms with Crippen LogP contribution in [0.3, 0.4) is 0 Å². The molecule has 0 aliphatic heterocycles. The molecule has 0 unspecified atom stereocenters. The summed E-state index contributed by atoms with van der Waals surface area (Å²) in [7, 11) is 0. The quantitative estimate of drug-likeness (QED) is 0.744. The molecule has 3 rings (SSSR count). The predicted molar refractivity (Wildman–Crippen MR) is 68.1 cm³/mol. The summed E-state index contributed by atoms with van der Waals surface area (Å²) in [6.45, 7) is 0.259. The van der Waals surface area contributed by atoms with Crippen molar-refractivity contribution < 1.29 is 9.26 Å². The number of benzene rings is 1. The van der Waals surface area contributed by atoms with Crippen molar-refractivity contribution >= 4 is 26.9 Å². The lowest BCUT2D eigenvalue weighted by Gasteiger charge is -2.00. The Bertz CT molecular complexity index is 669. The fourth-order valence-corrected chi connectivity index (χ4v) is 1.89. The van der Waals surface area contributed by atoms with E-state index in [1.54, 1.807) is 18.5 Å². The Morgan fingerprint density at radius 3 is 2.89 bits per heavy atom. The molecule has 2 heterocycles. The summed E-state index contributed by atoms with van der Waals surface area (Å²) in [5, 5.41) is 4.70. The molecule has 0 aliphatic rings. The van der Waals surface area contributed by atoms with Gasteiger partial charge < -0.3 is 9.26 Å². The molecule has 0 amide bonds. The average Bonchev–Trinajstić information content (AvgIpc) is 2.80. The lowest BCUT2D eigenvalue weighted by molar-refractivity contribution is 0.266. The predicted octanol–water partition coefficient (Wildman–Crippen LogP) is 2.96. The van der Waals surface area contributed by atoms with Crippen molar-refractivity contribution in [3.63, 3.8) is 0 Å². The summed E-state index contributed by atoms with van der Waals surface area (Å²) in [6, 6.07) is 7.37. The van der Waals surface area contributed by atoms with E-state index in [1.165, 1.54) is 0 Å². The van der Waals surface area contributed by atoms with Crippen molar-refractivity contribution in [1.29, 1.82) is 0 Å². The van der Waals surface area contributed by atoms with Crippen LogP contribution in [0, 0.1) is 0 Å². The molecule has 90 valence electrons. The van der Waals surface area contributed by atoms with Crippen LogP contribution in [0.4, 0.5) is 0 Å². The summed E-state index contributed by atoms with van der Waals surface area (Å²) in [4.78, 5) is 8.14. The van der Waals surface area contributed by atoms with Crippen LogP contribution in [0.1, 0.15) is 5.82 Å². The van der Waals surface area contributed by atoms with E-state index in [4.69, 9.17) is 9.26 Å². The Hall–Kier alpha value is -1.95. The first-order valence-corrected chi connectivity index (χ1v) is 6.06. The van der Waals surface area contributed by atoms with Gasteiger partial charge >= 0.3 is 0 Å². The highest BCUT2D eigenvalue weighted by atomic mass is 79.9. The highest BCUT2D eigenvalue weighted by Gasteiger charge is 2.10. The third kappa shape index (κ3) is 2.19. The van der Waals surface area contributed by atoms with E-state index in [-0.39, 0.29) is 6.61 Å². The molecule has 1 aromatic carbocycles. The van der Waals surface area contributed by atoms with E-state index in [0.29, 0.717) is 17.3 Å². The highest BCUT2D eigenvalue weighted by Crippen LogP contribution is 2.28. The van der Waals surface area contributed by atoms with Gasteiger partial charge in [-0.2, -0.15) is 0 Å². The van der Waals surface area contributed by atoms with Crippen LogP contribution in [0.15, 0.2) is 45.7 Å². The SMILES string of the molecule is Brc1ccc2onc(OCc3ncccn3)c2c1. The standard InChI is InChI=1S/C12H8BrN3O2/c13-8-2-3-10-9(6-8)12(16-18-10)17-7-11-14-4-1-5-15-11/h1-6H,7H2. The van der Waals surface area contributed by atoms with Gasteiger partial charge in [0, 0.05) is 16.9 Å². The van der Waals surface area contributed by atoms with E-state index in [0.717, 1.165) is 9.86 Å². The maximum atomic E-state index is 5.55. The van der Waals surface area contributed by atoms with Crippen molar-refractivity contribution in [2.75, 3.05) is 0 Å². The number of ether oxygens (including phenoxy) is 1. The molecule has 0 aliphatic carbocycles. The van der Waals surface area contributed by atoms with Crippen molar-refractivity contribution in [3.8, 4) is 5.88 Å². The smallest absolute Gasteiger partial charge is 0.262 e. The summed E-state index contributed by atoms with van der Waals surface area (Å²) in [5.74, 6) is 1.04. The molecule has 18 heavy (non-hydrogen) atoms. The molecule has 0 fully saturated rings. The number of halogens is 1. The summed E-state index contributed by atoms with van der Waals surface area (Å²) in [5.41, 5.74) is 0.683. The van der Waals surface area contributed by atoms with Crippen molar-refractivity contribution in [1.82, 2.24) is 15.1 Å². The molecule has 0 atom stereocenters. The van der Waals surface area contributed by atoms with Gasteiger partial charge in [-0.15, -0.1) is 0 Å². The largest absolute Gasteiger partial charge is 0.467 e. The molecule has 0 spiro atoms. The zero-order valence-electron chi connectivity index (χ0n) is 9.21. The second kappa shape index (κ2) is 4.73. The molecule has 6 heteroatoms. The summed E-state index contributed by atoms with van der Waals surface area (Å²) >= 11 is 3.40. The minimum Gasteiger partial charge on any atom is -0.467 e. The number of aromatic nitrogens is 3. The Morgan fingerprint density at radius 2 is 2.06 bits per heavy atom. The average molecular weight is 306 g/mol. The second-order valence-corrected chi connectivity index (χ2v) is 4.50. The number of fused-ring (bicyclic) bond motifs is 1. The maximum Gasteiger partial charge on any atom is 0.262 e. The monoisotopic (exact) mass is 305 g/mol. The first kappa shape index (κ1) is 11.2. The Balaban J connectivity index is 1.85. The number of hydrogen-bond donors (Lipinski definition) is 0. The van der Waals surface area contributed by atoms with Crippen LogP contribution in [0.5, 0.6) is 5.88 Å². The number of hydrogen-bond acceptors (Lipinski definition) is 5. The highest BCUT2D eigenvalue weighted by molar-refractivity contribution is 9.10. The molecule has 0 bridgehead atoms. The second-order valence-electron chi connectivity index (χ2n) is 3.58. The van der Waals surface area contributed by atoms with Gasteiger partial charge in [0.05, 0.1) is 5.39 Å². The zero-order valence-corrected chi connectivity index (χ0v) is 10.8. The maximum absolute atomic E-state index is 5.55. The van der Waals surface area contributed by atoms with Gasteiger partial charge in [0.2, 0.25) is 0 Å². The van der Waals surface area contributed by atoms with Crippen LogP contribution in [-0.4, -0.2) is 15.1 Å². The van der Waals surface area contributed by atoms with Gasteiger partial charge in [-0.25, -0.2) is 9.97 Å². The number of rotatable bonds is 3. The third-order valence-corrected chi connectivity index (χ3v) is 2.85. The van der Waals surface area contributed by atoms with Crippen LogP contribution in [0.25, 0.3) is 11.0 Å².